The normalized spacial score (nSPS) is 11.0. The van der Waals surface area contributed by atoms with Gasteiger partial charge in [-0.25, -0.2) is 4.39 Å². The minimum Gasteiger partial charge on any atom is -0.490 e. The van der Waals surface area contributed by atoms with Crippen molar-refractivity contribution < 1.29 is 13.9 Å². The predicted octanol–water partition coefficient (Wildman–Crippen LogP) is 6.18. The van der Waals surface area contributed by atoms with Gasteiger partial charge in [-0.05, 0) is 60.9 Å². The van der Waals surface area contributed by atoms with Gasteiger partial charge < -0.3 is 9.47 Å². The largest absolute Gasteiger partial charge is 0.490 e. The molecule has 0 aromatic heterocycles. The van der Waals surface area contributed by atoms with Crippen LogP contribution in [0.15, 0.2) is 66.7 Å². The van der Waals surface area contributed by atoms with E-state index in [1.54, 1.807) is 12.1 Å². The van der Waals surface area contributed by atoms with E-state index < -0.39 is 0 Å². The van der Waals surface area contributed by atoms with Gasteiger partial charge in [-0.3, -0.25) is 0 Å². The Kier molecular flexibility index (Phi) is 6.65. The molecule has 29 heavy (non-hydrogen) atoms. The molecule has 0 saturated carbocycles. The number of nitrogens with zero attached hydrogens (tertiary/aromatic N) is 1. The van der Waals surface area contributed by atoms with E-state index in [2.05, 4.69) is 6.07 Å². The summed E-state index contributed by atoms with van der Waals surface area (Å²) in [6.07, 6.45) is 1.83. The highest BCUT2D eigenvalue weighted by molar-refractivity contribution is 5.89. The van der Waals surface area contributed by atoms with Crippen LogP contribution in [0.2, 0.25) is 0 Å². The molecule has 4 heteroatoms. The van der Waals surface area contributed by atoms with E-state index in [0.29, 0.717) is 30.3 Å². The average molecular weight is 387 g/mol. The summed E-state index contributed by atoms with van der Waals surface area (Å²) >= 11 is 0. The number of nitriles is 1. The van der Waals surface area contributed by atoms with Crippen LogP contribution < -0.4 is 9.47 Å². The maximum atomic E-state index is 13.0. The third-order valence-electron chi connectivity index (χ3n) is 4.37. The molecule has 3 aromatic carbocycles. The smallest absolute Gasteiger partial charge is 0.161 e. The van der Waals surface area contributed by atoms with Crippen molar-refractivity contribution in [3.8, 4) is 17.6 Å². The molecule has 0 aliphatic heterocycles. The van der Waals surface area contributed by atoms with Crippen LogP contribution in [0.4, 0.5) is 4.39 Å². The summed E-state index contributed by atoms with van der Waals surface area (Å²) in [5.74, 6) is 0.925. The summed E-state index contributed by atoms with van der Waals surface area (Å²) < 4.78 is 24.6. The fourth-order valence-electron chi connectivity index (χ4n) is 2.82. The van der Waals surface area contributed by atoms with Gasteiger partial charge in [-0.1, -0.05) is 48.0 Å². The van der Waals surface area contributed by atoms with Gasteiger partial charge in [0.15, 0.2) is 11.5 Å². The predicted molar refractivity (Wildman–Crippen MR) is 113 cm³/mol. The van der Waals surface area contributed by atoms with Crippen LogP contribution in [-0.4, -0.2) is 6.61 Å². The zero-order valence-corrected chi connectivity index (χ0v) is 16.5. The van der Waals surface area contributed by atoms with Crippen molar-refractivity contribution in [3.63, 3.8) is 0 Å². The Bertz CT molecular complexity index is 1030. The van der Waals surface area contributed by atoms with E-state index in [1.165, 1.54) is 12.1 Å². The van der Waals surface area contributed by atoms with E-state index in [4.69, 9.17) is 9.47 Å². The molecule has 0 atom stereocenters. The van der Waals surface area contributed by atoms with Crippen LogP contribution in [0.3, 0.4) is 0 Å². The monoisotopic (exact) mass is 387 g/mol. The molecule has 3 nitrogen and oxygen atoms in total. The molecule has 0 amide bonds. The summed E-state index contributed by atoms with van der Waals surface area (Å²) in [4.78, 5) is 0. The van der Waals surface area contributed by atoms with E-state index in [0.717, 1.165) is 22.3 Å². The molecule has 0 spiro atoms. The molecule has 3 aromatic rings. The van der Waals surface area contributed by atoms with Crippen molar-refractivity contribution in [1.82, 2.24) is 0 Å². The number of benzene rings is 3. The second-order valence-electron chi connectivity index (χ2n) is 6.59. The van der Waals surface area contributed by atoms with Gasteiger partial charge in [-0.2, -0.15) is 5.26 Å². The number of hydrogen-bond acceptors (Lipinski definition) is 3. The van der Waals surface area contributed by atoms with Crippen molar-refractivity contribution in [2.75, 3.05) is 6.61 Å². The topological polar surface area (TPSA) is 42.2 Å². The minimum absolute atomic E-state index is 0.276. The first-order chi connectivity index (χ1) is 14.1. The third kappa shape index (κ3) is 5.46. The first kappa shape index (κ1) is 20.2. The Morgan fingerprint density at radius 3 is 2.34 bits per heavy atom. The lowest BCUT2D eigenvalue weighted by Crippen LogP contribution is -2.00. The number of allylic oxidation sites excluding steroid dienone is 1. The Labute approximate surface area is 170 Å². The molecule has 0 bridgehead atoms. The van der Waals surface area contributed by atoms with Crippen molar-refractivity contribution in [1.29, 1.82) is 5.26 Å². The summed E-state index contributed by atoms with van der Waals surface area (Å²) in [5, 5.41) is 9.57. The Balaban J connectivity index is 1.83. The average Bonchev–Trinajstić information content (AvgIpc) is 2.73. The minimum atomic E-state index is -0.276. The molecule has 146 valence electrons. The maximum Gasteiger partial charge on any atom is 0.161 e. The van der Waals surface area contributed by atoms with Gasteiger partial charge in [0.25, 0.3) is 0 Å². The molecule has 0 radical (unpaired) electrons. The van der Waals surface area contributed by atoms with Crippen molar-refractivity contribution in [3.05, 3.63) is 94.8 Å². The van der Waals surface area contributed by atoms with Gasteiger partial charge in [0.05, 0.1) is 18.2 Å². The zero-order chi connectivity index (χ0) is 20.6. The van der Waals surface area contributed by atoms with E-state index >= 15 is 0 Å². The van der Waals surface area contributed by atoms with Gasteiger partial charge >= 0.3 is 0 Å². The maximum absolute atomic E-state index is 13.0. The summed E-state index contributed by atoms with van der Waals surface area (Å²) in [6, 6.07) is 21.9. The SMILES string of the molecule is CCOc1cc(/C=C(\C#N)c2ccc(C)cc2)ccc1OCc1ccc(F)cc1. The van der Waals surface area contributed by atoms with E-state index in [1.807, 2.05) is 62.4 Å². The Hall–Kier alpha value is -3.58. The number of aryl methyl sites for hydroxylation is 1. The number of ether oxygens (including phenoxy) is 2. The quantitative estimate of drug-likeness (QED) is 0.359. The highest BCUT2D eigenvalue weighted by Crippen LogP contribution is 2.31. The molecule has 0 aliphatic rings. The molecular formula is C25H22FNO2. The Morgan fingerprint density at radius 1 is 0.966 bits per heavy atom. The molecular weight excluding hydrogens is 365 g/mol. The number of hydrogen-bond donors (Lipinski definition) is 0. The molecule has 0 aliphatic carbocycles. The first-order valence-corrected chi connectivity index (χ1v) is 9.42. The lowest BCUT2D eigenvalue weighted by Gasteiger charge is -2.13. The summed E-state index contributed by atoms with van der Waals surface area (Å²) in [5.41, 5.74) is 4.30. The molecule has 3 rings (SSSR count). The van der Waals surface area contributed by atoms with Crippen LogP contribution >= 0.6 is 0 Å². The molecule has 0 saturated heterocycles. The van der Waals surface area contributed by atoms with Crippen molar-refractivity contribution in [2.45, 2.75) is 20.5 Å². The molecule has 0 unspecified atom stereocenters. The van der Waals surface area contributed by atoms with Crippen LogP contribution in [0, 0.1) is 24.1 Å². The third-order valence-corrected chi connectivity index (χ3v) is 4.37. The van der Waals surface area contributed by atoms with E-state index in [-0.39, 0.29) is 5.82 Å². The standard InChI is InChI=1S/C25H22FNO2/c1-3-28-25-15-20(14-22(16-27)21-9-4-18(2)5-10-21)8-13-24(25)29-17-19-6-11-23(26)12-7-19/h4-15H,3,17H2,1-2H3/b22-14+. The molecule has 0 fully saturated rings. The lowest BCUT2D eigenvalue weighted by molar-refractivity contribution is 0.269. The summed E-state index contributed by atoms with van der Waals surface area (Å²) in [7, 11) is 0. The van der Waals surface area contributed by atoms with Crippen LogP contribution in [0.25, 0.3) is 11.6 Å². The van der Waals surface area contributed by atoms with Gasteiger partial charge in [0.1, 0.15) is 12.4 Å². The van der Waals surface area contributed by atoms with Crippen molar-refractivity contribution in [2.24, 2.45) is 0 Å². The van der Waals surface area contributed by atoms with E-state index in [9.17, 15) is 9.65 Å². The van der Waals surface area contributed by atoms with Crippen LogP contribution in [-0.2, 0) is 6.61 Å². The Morgan fingerprint density at radius 2 is 1.69 bits per heavy atom. The highest BCUT2D eigenvalue weighted by atomic mass is 19.1. The number of halogens is 1. The highest BCUT2D eigenvalue weighted by Gasteiger charge is 2.08. The molecule has 0 heterocycles. The lowest BCUT2D eigenvalue weighted by atomic mass is 10.0. The van der Waals surface area contributed by atoms with Gasteiger partial charge in [0.2, 0.25) is 0 Å². The fraction of sp³-hybridized carbons (Fsp3) is 0.160. The number of rotatable bonds is 7. The van der Waals surface area contributed by atoms with Gasteiger partial charge in [-0.15, -0.1) is 0 Å². The zero-order valence-electron chi connectivity index (χ0n) is 16.5. The van der Waals surface area contributed by atoms with Crippen LogP contribution in [0.1, 0.15) is 29.2 Å². The van der Waals surface area contributed by atoms with Crippen molar-refractivity contribution >= 4 is 11.6 Å². The van der Waals surface area contributed by atoms with Gasteiger partial charge in [0, 0.05) is 0 Å². The van der Waals surface area contributed by atoms with Crippen LogP contribution in [0.5, 0.6) is 11.5 Å². The fourth-order valence-corrected chi connectivity index (χ4v) is 2.82. The first-order valence-electron chi connectivity index (χ1n) is 9.42. The second kappa shape index (κ2) is 9.57. The molecule has 0 N–H and O–H groups in total. The second-order valence-corrected chi connectivity index (χ2v) is 6.59. The summed E-state index contributed by atoms with van der Waals surface area (Å²) in [6.45, 7) is 4.71.